The van der Waals surface area contributed by atoms with Gasteiger partial charge in [-0.05, 0) is 49.1 Å². The first kappa shape index (κ1) is 14.0. The van der Waals surface area contributed by atoms with Crippen molar-refractivity contribution in [2.24, 2.45) is 17.8 Å². The number of likely N-dealkylation sites (tertiary alicyclic amines) is 1. The van der Waals surface area contributed by atoms with E-state index >= 15 is 0 Å². The molecule has 2 saturated carbocycles. The Labute approximate surface area is 133 Å². The minimum Gasteiger partial charge on any atom is -0.464 e. The van der Waals surface area contributed by atoms with Gasteiger partial charge in [0.15, 0.2) is 5.69 Å². The quantitative estimate of drug-likeness (QED) is 0.865. The standard InChI is InChI=1S/C15H19N3O3S/c1-21-14(19)12-11(7-22-17-12)16-15(20)18-6-10(8-2-3-8)13(18)9-4-5-9/h7-10,13H,2-6H2,1H3,(H,16,20). The largest absolute Gasteiger partial charge is 0.464 e. The summed E-state index contributed by atoms with van der Waals surface area (Å²) in [4.78, 5) is 26.1. The molecule has 3 aliphatic rings. The first-order chi connectivity index (χ1) is 10.7. The van der Waals surface area contributed by atoms with Gasteiger partial charge in [-0.25, -0.2) is 9.59 Å². The van der Waals surface area contributed by atoms with E-state index in [0.717, 1.165) is 24.0 Å². The monoisotopic (exact) mass is 321 g/mol. The average molecular weight is 321 g/mol. The summed E-state index contributed by atoms with van der Waals surface area (Å²) in [5.74, 6) is 1.70. The minimum atomic E-state index is -0.519. The van der Waals surface area contributed by atoms with Gasteiger partial charge in [-0.15, -0.1) is 0 Å². The van der Waals surface area contributed by atoms with Crippen LogP contribution in [0.5, 0.6) is 0 Å². The number of methoxy groups -OCH3 is 1. The fraction of sp³-hybridized carbons (Fsp3) is 0.667. The Morgan fingerprint density at radius 2 is 2.05 bits per heavy atom. The van der Waals surface area contributed by atoms with Crippen molar-refractivity contribution in [3.05, 3.63) is 11.1 Å². The van der Waals surface area contributed by atoms with Crippen molar-refractivity contribution in [2.75, 3.05) is 19.0 Å². The molecule has 1 saturated heterocycles. The third-order valence-electron chi connectivity index (χ3n) is 4.99. The molecule has 3 fully saturated rings. The van der Waals surface area contributed by atoms with Gasteiger partial charge in [-0.2, -0.15) is 4.37 Å². The lowest BCUT2D eigenvalue weighted by molar-refractivity contribution is 0.0290. The molecule has 4 rings (SSSR count). The predicted octanol–water partition coefficient (Wildman–Crippen LogP) is 2.58. The van der Waals surface area contributed by atoms with Crippen molar-refractivity contribution in [3.63, 3.8) is 0 Å². The molecule has 2 heterocycles. The van der Waals surface area contributed by atoms with Gasteiger partial charge < -0.3 is 15.0 Å². The lowest BCUT2D eigenvalue weighted by Crippen LogP contribution is -2.61. The van der Waals surface area contributed by atoms with E-state index in [4.69, 9.17) is 0 Å². The second kappa shape index (κ2) is 5.22. The van der Waals surface area contributed by atoms with Gasteiger partial charge in [0, 0.05) is 23.9 Å². The van der Waals surface area contributed by atoms with Crippen LogP contribution in [0.25, 0.3) is 0 Å². The van der Waals surface area contributed by atoms with Gasteiger partial charge >= 0.3 is 12.0 Å². The van der Waals surface area contributed by atoms with E-state index in [1.807, 2.05) is 4.90 Å². The Hall–Kier alpha value is -1.63. The Kier molecular flexibility index (Phi) is 3.32. The smallest absolute Gasteiger partial charge is 0.359 e. The zero-order valence-electron chi connectivity index (χ0n) is 12.4. The second-order valence-corrected chi connectivity index (χ2v) is 7.11. The average Bonchev–Trinajstić information content (AvgIpc) is 3.39. The summed E-state index contributed by atoms with van der Waals surface area (Å²) in [6.45, 7) is 0.850. The van der Waals surface area contributed by atoms with Gasteiger partial charge in [-0.1, -0.05) is 0 Å². The van der Waals surface area contributed by atoms with Crippen LogP contribution in [0.4, 0.5) is 10.5 Å². The van der Waals surface area contributed by atoms with Gasteiger partial charge in [0.2, 0.25) is 0 Å². The van der Waals surface area contributed by atoms with E-state index < -0.39 is 5.97 Å². The lowest BCUT2D eigenvalue weighted by atomic mass is 9.81. The maximum Gasteiger partial charge on any atom is 0.359 e. The highest BCUT2D eigenvalue weighted by Crippen LogP contribution is 2.52. The topological polar surface area (TPSA) is 71.5 Å². The Morgan fingerprint density at radius 1 is 1.32 bits per heavy atom. The number of carbonyl (C=O) groups is 2. The Morgan fingerprint density at radius 3 is 2.68 bits per heavy atom. The molecule has 0 bridgehead atoms. The van der Waals surface area contributed by atoms with Crippen LogP contribution in [-0.4, -0.2) is 41.0 Å². The van der Waals surface area contributed by atoms with Crippen molar-refractivity contribution in [1.82, 2.24) is 9.27 Å². The molecule has 2 amide bonds. The van der Waals surface area contributed by atoms with Crippen LogP contribution in [0.1, 0.15) is 36.2 Å². The molecule has 1 aromatic rings. The summed E-state index contributed by atoms with van der Waals surface area (Å²) in [5, 5.41) is 4.51. The number of carbonyl (C=O) groups excluding carboxylic acids is 2. The van der Waals surface area contributed by atoms with E-state index in [-0.39, 0.29) is 11.7 Å². The highest BCUT2D eigenvalue weighted by Gasteiger charge is 2.54. The fourth-order valence-corrected chi connectivity index (χ4v) is 4.13. The minimum absolute atomic E-state index is 0.112. The zero-order chi connectivity index (χ0) is 15.3. The van der Waals surface area contributed by atoms with Gasteiger partial charge in [0.1, 0.15) is 0 Å². The zero-order valence-corrected chi connectivity index (χ0v) is 13.3. The van der Waals surface area contributed by atoms with Gasteiger partial charge in [-0.3, -0.25) is 0 Å². The van der Waals surface area contributed by atoms with E-state index in [1.54, 1.807) is 5.38 Å². The van der Waals surface area contributed by atoms with E-state index in [0.29, 0.717) is 23.6 Å². The molecule has 22 heavy (non-hydrogen) atoms. The van der Waals surface area contributed by atoms with Crippen LogP contribution in [0.15, 0.2) is 5.38 Å². The van der Waals surface area contributed by atoms with E-state index in [1.165, 1.54) is 32.8 Å². The third kappa shape index (κ3) is 2.37. The highest BCUT2D eigenvalue weighted by atomic mass is 32.1. The number of hydrogen-bond acceptors (Lipinski definition) is 5. The molecule has 7 heteroatoms. The number of ether oxygens (including phenoxy) is 1. The Balaban J connectivity index is 1.44. The SMILES string of the molecule is COC(=O)c1nscc1NC(=O)N1CC(C2CC2)C1C1CC1. The number of urea groups is 1. The van der Waals surface area contributed by atoms with Crippen LogP contribution in [0.2, 0.25) is 0 Å². The van der Waals surface area contributed by atoms with Crippen molar-refractivity contribution in [3.8, 4) is 0 Å². The van der Waals surface area contributed by atoms with Crippen LogP contribution in [0, 0.1) is 17.8 Å². The number of amides is 2. The summed E-state index contributed by atoms with van der Waals surface area (Å²) in [5.41, 5.74) is 0.634. The number of nitrogens with one attached hydrogen (secondary N) is 1. The first-order valence-electron chi connectivity index (χ1n) is 7.79. The molecule has 2 atom stereocenters. The number of anilines is 1. The maximum atomic E-state index is 12.5. The lowest BCUT2D eigenvalue weighted by Gasteiger charge is -2.49. The molecule has 1 aromatic heterocycles. The van der Waals surface area contributed by atoms with Crippen molar-refractivity contribution in [2.45, 2.75) is 31.7 Å². The summed E-state index contributed by atoms with van der Waals surface area (Å²) in [6.07, 6.45) is 5.13. The summed E-state index contributed by atoms with van der Waals surface area (Å²) in [7, 11) is 1.31. The summed E-state index contributed by atoms with van der Waals surface area (Å²) in [6, 6.07) is 0.292. The van der Waals surface area contributed by atoms with Crippen LogP contribution in [-0.2, 0) is 4.74 Å². The first-order valence-corrected chi connectivity index (χ1v) is 8.63. The third-order valence-corrected chi connectivity index (χ3v) is 5.62. The number of hydrogen-bond donors (Lipinski definition) is 1. The van der Waals surface area contributed by atoms with E-state index in [2.05, 4.69) is 14.4 Å². The van der Waals surface area contributed by atoms with Crippen molar-refractivity contribution < 1.29 is 14.3 Å². The van der Waals surface area contributed by atoms with Gasteiger partial charge in [0.25, 0.3) is 0 Å². The Bertz CT molecular complexity index is 609. The van der Waals surface area contributed by atoms with Crippen LogP contribution in [0.3, 0.4) is 0 Å². The van der Waals surface area contributed by atoms with E-state index in [9.17, 15) is 9.59 Å². The molecule has 118 valence electrons. The molecule has 2 aliphatic carbocycles. The van der Waals surface area contributed by atoms with Crippen LogP contribution < -0.4 is 5.32 Å². The number of aromatic nitrogens is 1. The molecule has 0 aromatic carbocycles. The second-order valence-electron chi connectivity index (χ2n) is 6.48. The van der Waals surface area contributed by atoms with Gasteiger partial charge in [0.05, 0.1) is 12.8 Å². The maximum absolute atomic E-state index is 12.5. The molecular weight excluding hydrogens is 302 g/mol. The fourth-order valence-electron chi connectivity index (χ4n) is 3.52. The number of esters is 1. The molecule has 6 nitrogen and oxygen atoms in total. The molecule has 1 aliphatic heterocycles. The normalized spacial score (nSPS) is 27.2. The van der Waals surface area contributed by atoms with Crippen molar-refractivity contribution in [1.29, 1.82) is 0 Å². The number of rotatable bonds is 4. The summed E-state index contributed by atoms with van der Waals surface area (Å²) >= 11 is 1.14. The van der Waals surface area contributed by atoms with Crippen LogP contribution >= 0.6 is 11.5 Å². The molecule has 2 unspecified atom stereocenters. The highest BCUT2D eigenvalue weighted by molar-refractivity contribution is 7.04. The number of nitrogens with zero attached hydrogens (tertiary/aromatic N) is 2. The van der Waals surface area contributed by atoms with Crippen molar-refractivity contribution >= 4 is 29.2 Å². The molecule has 1 N–H and O–H groups in total. The molecule has 0 radical (unpaired) electrons. The molecule has 0 spiro atoms. The predicted molar refractivity (Wildman–Crippen MR) is 81.9 cm³/mol. The summed E-state index contributed by atoms with van der Waals surface area (Å²) < 4.78 is 8.68. The molecular formula is C15H19N3O3S.